The van der Waals surface area contributed by atoms with Crippen molar-refractivity contribution in [1.29, 1.82) is 0 Å². The van der Waals surface area contributed by atoms with E-state index in [-0.39, 0.29) is 0 Å². The third-order valence-electron chi connectivity index (χ3n) is 2.37. The highest BCUT2D eigenvalue weighted by molar-refractivity contribution is 5.65. The fourth-order valence-electron chi connectivity index (χ4n) is 1.56. The molecule has 0 saturated carbocycles. The van der Waals surface area contributed by atoms with Crippen molar-refractivity contribution >= 4 is 11.7 Å². The molecular formula is C13H15NO. The molecule has 0 heterocycles. The molecule has 2 heteroatoms. The summed E-state index contributed by atoms with van der Waals surface area (Å²) < 4.78 is 0. The molecule has 15 heavy (non-hydrogen) atoms. The normalized spacial score (nSPS) is 10.6. The summed E-state index contributed by atoms with van der Waals surface area (Å²) in [6.07, 6.45) is 1.62. The summed E-state index contributed by atoms with van der Waals surface area (Å²) in [6, 6.07) is 7.84. The van der Waals surface area contributed by atoms with Gasteiger partial charge < -0.3 is 0 Å². The monoisotopic (exact) mass is 201 g/mol. The van der Waals surface area contributed by atoms with E-state index in [1.807, 2.05) is 45.0 Å². The Balaban J connectivity index is 3.36. The molecule has 0 fully saturated rings. The molecule has 0 amide bonds. The second-order valence-corrected chi connectivity index (χ2v) is 4.09. The number of rotatable bonds is 3. The zero-order valence-corrected chi connectivity index (χ0v) is 9.37. The molecule has 0 bridgehead atoms. The van der Waals surface area contributed by atoms with Crippen LogP contribution in [0.2, 0.25) is 0 Å². The maximum absolute atomic E-state index is 10.4. The molecule has 0 radical (unpaired) electrons. The lowest BCUT2D eigenvalue weighted by Crippen LogP contribution is -2.15. The molecule has 0 aromatic heterocycles. The molecule has 1 aromatic carbocycles. The van der Waals surface area contributed by atoms with Crippen LogP contribution in [0.1, 0.15) is 31.9 Å². The summed E-state index contributed by atoms with van der Waals surface area (Å²) in [5.74, 6) is 0. The Morgan fingerprint density at radius 1 is 1.40 bits per heavy atom. The van der Waals surface area contributed by atoms with E-state index in [1.165, 1.54) is 0 Å². The Labute approximate surface area is 90.4 Å². The first-order chi connectivity index (χ1) is 6.99. The van der Waals surface area contributed by atoms with Crippen LogP contribution < -0.4 is 0 Å². The first-order valence-electron chi connectivity index (χ1n) is 4.83. The Kier molecular flexibility index (Phi) is 3.23. The molecule has 0 atom stereocenters. The Morgan fingerprint density at radius 3 is 2.53 bits per heavy atom. The minimum Gasteiger partial charge on any atom is -0.211 e. The summed E-state index contributed by atoms with van der Waals surface area (Å²) in [5, 5.41) is 0. The third kappa shape index (κ3) is 2.42. The molecule has 0 aliphatic carbocycles. The van der Waals surface area contributed by atoms with Gasteiger partial charge in [-0.3, -0.25) is 0 Å². The van der Waals surface area contributed by atoms with E-state index in [9.17, 15) is 4.79 Å². The van der Waals surface area contributed by atoms with Gasteiger partial charge >= 0.3 is 0 Å². The Bertz CT molecular complexity index is 426. The molecule has 0 saturated heterocycles. The lowest BCUT2D eigenvalue weighted by molar-refractivity contribution is 0.522. The highest BCUT2D eigenvalue weighted by Crippen LogP contribution is 2.30. The van der Waals surface area contributed by atoms with Crippen molar-refractivity contribution in [3.05, 3.63) is 42.0 Å². The predicted octanol–water partition coefficient (Wildman–Crippen LogP) is 3.29. The number of aliphatic imine (C=N–C) groups is 1. The van der Waals surface area contributed by atoms with Gasteiger partial charge in [0.2, 0.25) is 6.08 Å². The van der Waals surface area contributed by atoms with Gasteiger partial charge in [0.25, 0.3) is 0 Å². The Hall–Kier alpha value is -1.66. The fourth-order valence-corrected chi connectivity index (χ4v) is 1.56. The van der Waals surface area contributed by atoms with Crippen molar-refractivity contribution < 1.29 is 4.79 Å². The first kappa shape index (κ1) is 11.4. The SMILES string of the molecule is C=C(C)c1ccccc1C(C)(C)N=C=O. The molecule has 0 aliphatic heterocycles. The van der Waals surface area contributed by atoms with Crippen LogP contribution >= 0.6 is 0 Å². The van der Waals surface area contributed by atoms with E-state index in [0.29, 0.717) is 0 Å². The molecule has 1 rings (SSSR count). The number of benzene rings is 1. The van der Waals surface area contributed by atoms with Crippen LogP contribution in [0.4, 0.5) is 0 Å². The van der Waals surface area contributed by atoms with E-state index >= 15 is 0 Å². The number of hydrogen-bond acceptors (Lipinski definition) is 2. The first-order valence-corrected chi connectivity index (χ1v) is 4.83. The molecule has 0 aliphatic rings. The second kappa shape index (κ2) is 4.24. The average molecular weight is 201 g/mol. The van der Waals surface area contributed by atoms with Crippen LogP contribution in [0, 0.1) is 0 Å². The van der Waals surface area contributed by atoms with Crippen molar-refractivity contribution in [1.82, 2.24) is 0 Å². The van der Waals surface area contributed by atoms with Crippen molar-refractivity contribution in [2.24, 2.45) is 4.99 Å². The number of nitrogens with zero attached hydrogens (tertiary/aromatic N) is 1. The van der Waals surface area contributed by atoms with Crippen molar-refractivity contribution in [2.75, 3.05) is 0 Å². The summed E-state index contributed by atoms with van der Waals surface area (Å²) in [7, 11) is 0. The number of hydrogen-bond donors (Lipinski definition) is 0. The van der Waals surface area contributed by atoms with Gasteiger partial charge in [0.05, 0.1) is 5.54 Å². The van der Waals surface area contributed by atoms with Crippen molar-refractivity contribution in [3.8, 4) is 0 Å². The van der Waals surface area contributed by atoms with Crippen LogP contribution in [-0.2, 0) is 10.3 Å². The highest BCUT2D eigenvalue weighted by Gasteiger charge is 2.22. The second-order valence-electron chi connectivity index (χ2n) is 4.09. The molecule has 2 nitrogen and oxygen atoms in total. The van der Waals surface area contributed by atoms with Crippen molar-refractivity contribution in [2.45, 2.75) is 26.3 Å². The quantitative estimate of drug-likeness (QED) is 0.545. The van der Waals surface area contributed by atoms with E-state index in [0.717, 1.165) is 16.7 Å². The number of isocyanates is 1. The fraction of sp³-hybridized carbons (Fsp3) is 0.308. The molecular weight excluding hydrogens is 186 g/mol. The van der Waals surface area contributed by atoms with E-state index in [4.69, 9.17) is 0 Å². The Morgan fingerprint density at radius 2 is 2.00 bits per heavy atom. The third-order valence-corrected chi connectivity index (χ3v) is 2.37. The highest BCUT2D eigenvalue weighted by atomic mass is 16.1. The maximum atomic E-state index is 10.4. The average Bonchev–Trinajstić information content (AvgIpc) is 2.17. The molecule has 1 aromatic rings. The zero-order valence-electron chi connectivity index (χ0n) is 9.37. The van der Waals surface area contributed by atoms with Crippen molar-refractivity contribution in [3.63, 3.8) is 0 Å². The molecule has 0 N–H and O–H groups in total. The minimum absolute atomic E-state index is 0.544. The van der Waals surface area contributed by atoms with Crippen LogP contribution in [-0.4, -0.2) is 6.08 Å². The smallest absolute Gasteiger partial charge is 0.211 e. The van der Waals surface area contributed by atoms with Gasteiger partial charge in [0, 0.05) is 0 Å². The topological polar surface area (TPSA) is 29.4 Å². The number of allylic oxidation sites excluding steroid dienone is 1. The molecule has 78 valence electrons. The van der Waals surface area contributed by atoms with Gasteiger partial charge in [-0.15, -0.1) is 0 Å². The summed E-state index contributed by atoms with van der Waals surface area (Å²) in [5.41, 5.74) is 2.47. The predicted molar refractivity (Wildman–Crippen MR) is 62.3 cm³/mol. The van der Waals surface area contributed by atoms with Crippen LogP contribution in [0.5, 0.6) is 0 Å². The van der Waals surface area contributed by atoms with Gasteiger partial charge in [-0.1, -0.05) is 36.4 Å². The molecule has 0 unspecified atom stereocenters. The zero-order chi connectivity index (χ0) is 11.5. The van der Waals surface area contributed by atoms with E-state index < -0.39 is 5.54 Å². The van der Waals surface area contributed by atoms with E-state index in [1.54, 1.807) is 6.08 Å². The van der Waals surface area contributed by atoms with Gasteiger partial charge in [-0.05, 0) is 31.9 Å². The number of carbonyl (C=O) groups excluding carboxylic acids is 1. The van der Waals surface area contributed by atoms with Crippen LogP contribution in [0.25, 0.3) is 5.57 Å². The maximum Gasteiger partial charge on any atom is 0.235 e. The lowest BCUT2D eigenvalue weighted by Gasteiger charge is -2.21. The van der Waals surface area contributed by atoms with Gasteiger partial charge in [-0.25, -0.2) is 4.79 Å². The summed E-state index contributed by atoms with van der Waals surface area (Å²) in [4.78, 5) is 14.2. The van der Waals surface area contributed by atoms with Gasteiger partial charge in [0.1, 0.15) is 0 Å². The minimum atomic E-state index is -0.544. The largest absolute Gasteiger partial charge is 0.235 e. The molecule has 0 spiro atoms. The standard InChI is InChI=1S/C13H15NO/c1-10(2)11-7-5-6-8-12(11)13(3,4)14-9-15/h5-8H,1H2,2-4H3. The van der Waals surface area contributed by atoms with Crippen LogP contribution in [0.15, 0.2) is 35.8 Å². The van der Waals surface area contributed by atoms with E-state index in [2.05, 4.69) is 11.6 Å². The lowest BCUT2D eigenvalue weighted by atomic mass is 9.88. The van der Waals surface area contributed by atoms with Crippen LogP contribution in [0.3, 0.4) is 0 Å². The van der Waals surface area contributed by atoms with Gasteiger partial charge in [-0.2, -0.15) is 4.99 Å². The van der Waals surface area contributed by atoms with Gasteiger partial charge in [0.15, 0.2) is 0 Å². The summed E-state index contributed by atoms with van der Waals surface area (Å²) in [6.45, 7) is 9.64. The summed E-state index contributed by atoms with van der Waals surface area (Å²) >= 11 is 0.